The Morgan fingerprint density at radius 1 is 1.27 bits per heavy atom. The van der Waals surface area contributed by atoms with Gasteiger partial charge in [-0.15, -0.1) is 0 Å². The Bertz CT molecular complexity index is 870. The molecule has 2 rings (SSSR count). The van der Waals surface area contributed by atoms with Crippen LogP contribution in [0.5, 0.6) is 0 Å². The maximum atomic E-state index is 12.0. The quantitative estimate of drug-likeness (QED) is 0.162. The third kappa shape index (κ3) is 7.35. The molecule has 0 fully saturated rings. The number of halogens is 1. The van der Waals surface area contributed by atoms with Crippen molar-refractivity contribution in [1.29, 1.82) is 0 Å². The highest BCUT2D eigenvalue weighted by molar-refractivity contribution is 6.21. The van der Waals surface area contributed by atoms with Crippen molar-refractivity contribution in [3.63, 3.8) is 0 Å². The van der Waals surface area contributed by atoms with Crippen LogP contribution >= 0.6 is 11.8 Å². The first-order valence-corrected chi connectivity index (χ1v) is 9.77. The predicted octanol–water partition coefficient (Wildman–Crippen LogP) is 1.16. The van der Waals surface area contributed by atoms with Crippen molar-refractivity contribution in [2.24, 2.45) is 16.5 Å². The minimum absolute atomic E-state index is 0.0859. The number of guanidine groups is 1. The molecule has 1 atom stereocenters. The minimum atomic E-state index is -1.24. The smallest absolute Gasteiger partial charge is 0.425 e. The summed E-state index contributed by atoms with van der Waals surface area (Å²) in [5.41, 5.74) is 11.8. The third-order valence-corrected chi connectivity index (χ3v) is 4.53. The Balaban J connectivity index is 1.65. The molecule has 0 aliphatic rings. The lowest BCUT2D eigenvalue weighted by Gasteiger charge is -2.21. The summed E-state index contributed by atoms with van der Waals surface area (Å²) >= 11 is 5.86. The van der Waals surface area contributed by atoms with Crippen LogP contribution in [0.1, 0.15) is 37.9 Å². The van der Waals surface area contributed by atoms with Gasteiger partial charge < -0.3 is 26.3 Å². The molecule has 0 bridgehead atoms. The number of ether oxygens (including phenoxy) is 1. The number of hydrogen-bond acceptors (Lipinski definition) is 7. The van der Waals surface area contributed by atoms with Crippen molar-refractivity contribution in [1.82, 2.24) is 24.4 Å². The molecule has 0 spiro atoms. The van der Waals surface area contributed by atoms with E-state index >= 15 is 0 Å². The van der Waals surface area contributed by atoms with Crippen LogP contribution in [0.15, 0.2) is 17.5 Å². The third-order valence-electron chi connectivity index (χ3n) is 4.16. The van der Waals surface area contributed by atoms with Crippen LogP contribution < -0.4 is 11.5 Å². The van der Waals surface area contributed by atoms with Gasteiger partial charge in [0.1, 0.15) is 17.4 Å². The van der Waals surface area contributed by atoms with E-state index < -0.39 is 18.1 Å². The molecule has 1 amide bonds. The summed E-state index contributed by atoms with van der Waals surface area (Å²) in [6.45, 7) is 0.365. The molecule has 13 heteroatoms. The van der Waals surface area contributed by atoms with Crippen LogP contribution in [0, 0.1) is 0 Å². The standard InChI is InChI=1S/C17H25ClN8O4/c18-26(12(15(27)28)5-4-7-21-16(19)20)17(29)30-8-3-1-2-6-13-22-9-11-14(25-13)24-10-23-11/h9-10,12H,1-8H2,(H,27,28)(H4,19,20,21)(H,22,23,24,25)/t12-/m0/s1. The van der Waals surface area contributed by atoms with Gasteiger partial charge in [0.15, 0.2) is 11.6 Å². The number of imidazole rings is 1. The van der Waals surface area contributed by atoms with Crippen molar-refractivity contribution in [3.05, 3.63) is 18.3 Å². The number of aliphatic imine (C=N–C) groups is 1. The Morgan fingerprint density at radius 3 is 2.80 bits per heavy atom. The number of H-pyrrole nitrogens is 1. The monoisotopic (exact) mass is 440 g/mol. The normalized spacial score (nSPS) is 11.8. The summed E-state index contributed by atoms with van der Waals surface area (Å²) in [5, 5.41) is 9.27. The van der Waals surface area contributed by atoms with Gasteiger partial charge in [0.2, 0.25) is 0 Å². The fourth-order valence-electron chi connectivity index (χ4n) is 2.63. The highest BCUT2D eigenvalue weighted by atomic mass is 35.5. The topological polar surface area (TPSA) is 186 Å². The molecule has 2 aromatic rings. The Kier molecular flexibility index (Phi) is 9.06. The minimum Gasteiger partial charge on any atom is -0.480 e. The van der Waals surface area contributed by atoms with E-state index in [1.54, 1.807) is 12.5 Å². The number of hydrogen-bond donors (Lipinski definition) is 4. The largest absolute Gasteiger partial charge is 0.480 e. The van der Waals surface area contributed by atoms with Gasteiger partial charge in [0.25, 0.3) is 0 Å². The van der Waals surface area contributed by atoms with E-state index in [9.17, 15) is 14.7 Å². The van der Waals surface area contributed by atoms with Gasteiger partial charge in [0.05, 0.1) is 19.1 Å². The highest BCUT2D eigenvalue weighted by Crippen LogP contribution is 2.14. The molecule has 0 aliphatic heterocycles. The van der Waals surface area contributed by atoms with Crippen LogP contribution in [-0.4, -0.2) is 66.7 Å². The van der Waals surface area contributed by atoms with Crippen molar-refractivity contribution >= 4 is 41.0 Å². The Morgan fingerprint density at radius 2 is 2.07 bits per heavy atom. The average molecular weight is 441 g/mol. The first-order chi connectivity index (χ1) is 14.4. The van der Waals surface area contributed by atoms with Crippen molar-refractivity contribution in [2.45, 2.75) is 44.6 Å². The number of rotatable bonds is 12. The lowest BCUT2D eigenvalue weighted by atomic mass is 10.1. The second kappa shape index (κ2) is 11.8. The van der Waals surface area contributed by atoms with Crippen molar-refractivity contribution in [2.75, 3.05) is 13.2 Å². The molecule has 6 N–H and O–H groups in total. The van der Waals surface area contributed by atoms with Crippen LogP contribution in [-0.2, 0) is 16.0 Å². The summed E-state index contributed by atoms with van der Waals surface area (Å²) in [4.78, 5) is 42.7. The van der Waals surface area contributed by atoms with Crippen LogP contribution in [0.25, 0.3) is 11.2 Å². The molecule has 0 saturated carbocycles. The number of aromatic amines is 1. The summed E-state index contributed by atoms with van der Waals surface area (Å²) in [6.07, 6.45) is 5.65. The van der Waals surface area contributed by atoms with Gasteiger partial charge in [-0.2, -0.15) is 0 Å². The molecule has 12 nitrogen and oxygen atoms in total. The predicted molar refractivity (Wildman–Crippen MR) is 110 cm³/mol. The van der Waals surface area contributed by atoms with Gasteiger partial charge in [-0.05, 0) is 32.1 Å². The van der Waals surface area contributed by atoms with Gasteiger partial charge in [-0.3, -0.25) is 4.99 Å². The molecule has 0 aromatic carbocycles. The summed E-state index contributed by atoms with van der Waals surface area (Å²) < 4.78 is 5.62. The summed E-state index contributed by atoms with van der Waals surface area (Å²) in [5.74, 6) is -0.624. The molecule has 0 radical (unpaired) electrons. The van der Waals surface area contributed by atoms with Crippen LogP contribution in [0.2, 0.25) is 0 Å². The molecule has 30 heavy (non-hydrogen) atoms. The number of carbonyl (C=O) groups excluding carboxylic acids is 1. The zero-order valence-electron chi connectivity index (χ0n) is 16.3. The van der Waals surface area contributed by atoms with E-state index in [4.69, 9.17) is 28.0 Å². The number of nitrogens with zero attached hydrogens (tertiary/aromatic N) is 5. The highest BCUT2D eigenvalue weighted by Gasteiger charge is 2.29. The SMILES string of the molecule is NC(N)=NCCC[C@@H](C(=O)O)N(Cl)C(=O)OCCCCCc1ncc2[nH]cnc2n1. The number of carbonyl (C=O) groups is 2. The van der Waals surface area contributed by atoms with Gasteiger partial charge in [-0.25, -0.2) is 29.0 Å². The van der Waals surface area contributed by atoms with E-state index in [1.165, 1.54) is 0 Å². The number of nitrogens with two attached hydrogens (primary N) is 2. The number of amides is 1. The number of carboxylic acids is 1. The number of carboxylic acid groups (broad SMARTS) is 1. The fourth-order valence-corrected chi connectivity index (χ4v) is 2.86. The molecule has 0 unspecified atom stereocenters. The fraction of sp³-hybridized carbons (Fsp3) is 0.529. The van der Waals surface area contributed by atoms with E-state index in [2.05, 4.69) is 24.9 Å². The molecular weight excluding hydrogens is 416 g/mol. The molecular formula is C17H25ClN8O4. The maximum Gasteiger partial charge on any atom is 0.425 e. The first-order valence-electron chi connectivity index (χ1n) is 9.43. The number of aliphatic carboxylic acids is 1. The Hall–Kier alpha value is -3.15. The van der Waals surface area contributed by atoms with Gasteiger partial charge >= 0.3 is 12.1 Å². The second-order valence-electron chi connectivity index (χ2n) is 6.47. The lowest BCUT2D eigenvalue weighted by Crippen LogP contribution is -2.39. The molecule has 0 aliphatic carbocycles. The Labute approximate surface area is 177 Å². The van der Waals surface area contributed by atoms with E-state index in [0.717, 1.165) is 18.4 Å². The number of aryl methyl sites for hydroxylation is 1. The van der Waals surface area contributed by atoms with Gasteiger partial charge in [0, 0.05) is 24.7 Å². The zero-order chi connectivity index (χ0) is 21.9. The molecule has 2 aromatic heterocycles. The van der Waals surface area contributed by atoms with E-state index in [1.807, 2.05) is 0 Å². The number of fused-ring (bicyclic) bond motifs is 1. The van der Waals surface area contributed by atoms with Gasteiger partial charge in [-0.1, -0.05) is 0 Å². The number of unbranched alkanes of at least 4 members (excludes halogenated alkanes) is 2. The number of nitrogens with one attached hydrogen (secondary N) is 1. The van der Waals surface area contributed by atoms with E-state index in [-0.39, 0.29) is 25.5 Å². The van der Waals surface area contributed by atoms with E-state index in [0.29, 0.717) is 35.2 Å². The second-order valence-corrected chi connectivity index (χ2v) is 6.83. The summed E-state index contributed by atoms with van der Waals surface area (Å²) in [7, 11) is 0. The number of aromatic nitrogens is 4. The maximum absolute atomic E-state index is 12.0. The summed E-state index contributed by atoms with van der Waals surface area (Å²) in [6, 6.07) is -1.23. The molecule has 0 saturated heterocycles. The van der Waals surface area contributed by atoms with Crippen molar-refractivity contribution < 1.29 is 19.4 Å². The molecule has 2 heterocycles. The van der Waals surface area contributed by atoms with Crippen LogP contribution in [0.3, 0.4) is 0 Å². The lowest BCUT2D eigenvalue weighted by molar-refractivity contribution is -0.141. The van der Waals surface area contributed by atoms with Crippen LogP contribution in [0.4, 0.5) is 4.79 Å². The van der Waals surface area contributed by atoms with Crippen molar-refractivity contribution in [3.8, 4) is 0 Å². The average Bonchev–Trinajstić information content (AvgIpc) is 3.17. The zero-order valence-corrected chi connectivity index (χ0v) is 17.1. The first kappa shape index (κ1) is 23.1. The molecule has 164 valence electrons.